The molecule has 0 atom stereocenters. The standard InChI is InChI=1S/C17H38N.ClH/c1-5-8-11-14-17-18(4,15-12-9-6-2)16-13-10-7-3;/h5-17H2,1-4H3;1H/q+1;/p-1. The minimum absolute atomic E-state index is 0. The molecule has 0 heterocycles. The molecular weight excluding hydrogens is 254 g/mol. The molecule has 2 heteroatoms. The van der Waals surface area contributed by atoms with E-state index in [4.69, 9.17) is 0 Å². The summed E-state index contributed by atoms with van der Waals surface area (Å²) in [4.78, 5) is 0. The van der Waals surface area contributed by atoms with Gasteiger partial charge in [0.1, 0.15) is 0 Å². The highest BCUT2D eigenvalue weighted by Gasteiger charge is 2.19. The van der Waals surface area contributed by atoms with Gasteiger partial charge >= 0.3 is 0 Å². The van der Waals surface area contributed by atoms with E-state index in [9.17, 15) is 0 Å². The summed E-state index contributed by atoms with van der Waals surface area (Å²) in [6, 6.07) is 0. The lowest BCUT2D eigenvalue weighted by atomic mass is 10.1. The van der Waals surface area contributed by atoms with Crippen molar-refractivity contribution in [2.75, 3.05) is 26.7 Å². The van der Waals surface area contributed by atoms with Crippen molar-refractivity contribution in [1.82, 2.24) is 0 Å². The summed E-state index contributed by atoms with van der Waals surface area (Å²) in [6.07, 6.45) is 14.0. The van der Waals surface area contributed by atoms with E-state index in [1.165, 1.54) is 88.3 Å². The Hall–Kier alpha value is 0.250. The Balaban J connectivity index is 0. The molecule has 1 nitrogen and oxygen atoms in total. The Labute approximate surface area is 129 Å². The van der Waals surface area contributed by atoms with Crippen LogP contribution in [0.3, 0.4) is 0 Å². The van der Waals surface area contributed by atoms with Crippen LogP contribution in [0, 0.1) is 0 Å². The van der Waals surface area contributed by atoms with E-state index in [1.54, 1.807) is 0 Å². The first-order chi connectivity index (χ1) is 8.68. The highest BCUT2D eigenvalue weighted by atomic mass is 35.5. The second-order valence-electron chi connectivity index (χ2n) is 6.27. The van der Waals surface area contributed by atoms with Crippen molar-refractivity contribution >= 4 is 0 Å². The summed E-state index contributed by atoms with van der Waals surface area (Å²) < 4.78 is 1.34. The third-order valence-corrected chi connectivity index (χ3v) is 4.15. The van der Waals surface area contributed by atoms with Crippen molar-refractivity contribution in [3.8, 4) is 0 Å². The summed E-state index contributed by atoms with van der Waals surface area (Å²) >= 11 is 0. The number of hydrogen-bond donors (Lipinski definition) is 0. The molecule has 0 unspecified atom stereocenters. The van der Waals surface area contributed by atoms with Crippen LogP contribution in [0.4, 0.5) is 0 Å². The Bertz CT molecular complexity index is 161. The van der Waals surface area contributed by atoms with Gasteiger partial charge in [0.05, 0.1) is 26.7 Å². The summed E-state index contributed by atoms with van der Waals surface area (Å²) in [7, 11) is 2.50. The van der Waals surface area contributed by atoms with Crippen LogP contribution in [0.1, 0.15) is 85.0 Å². The number of halogens is 1. The number of quaternary nitrogens is 1. The Kier molecular flexibility index (Phi) is 16.6. The van der Waals surface area contributed by atoms with Crippen LogP contribution in [0.2, 0.25) is 0 Å². The minimum atomic E-state index is 0. The third kappa shape index (κ3) is 13.0. The van der Waals surface area contributed by atoms with Crippen LogP contribution in [0.5, 0.6) is 0 Å². The second kappa shape index (κ2) is 14.7. The predicted octanol–water partition coefficient (Wildman–Crippen LogP) is 2.40. The van der Waals surface area contributed by atoms with E-state index < -0.39 is 0 Å². The zero-order valence-electron chi connectivity index (χ0n) is 14.0. The van der Waals surface area contributed by atoms with Crippen LogP contribution in [-0.4, -0.2) is 31.2 Å². The molecular formula is C17H38ClN. The first-order valence-corrected chi connectivity index (χ1v) is 8.52. The molecule has 0 aliphatic carbocycles. The van der Waals surface area contributed by atoms with Crippen LogP contribution >= 0.6 is 0 Å². The zero-order valence-corrected chi connectivity index (χ0v) is 14.8. The van der Waals surface area contributed by atoms with Gasteiger partial charge in [-0.1, -0.05) is 46.5 Å². The van der Waals surface area contributed by atoms with Gasteiger partial charge in [0.2, 0.25) is 0 Å². The van der Waals surface area contributed by atoms with Crippen LogP contribution in [0.25, 0.3) is 0 Å². The fourth-order valence-corrected chi connectivity index (χ4v) is 2.74. The lowest BCUT2D eigenvalue weighted by molar-refractivity contribution is -0.910. The van der Waals surface area contributed by atoms with Crippen LogP contribution in [0.15, 0.2) is 0 Å². The smallest absolute Gasteiger partial charge is 0.0784 e. The van der Waals surface area contributed by atoms with Gasteiger partial charge < -0.3 is 16.9 Å². The Morgan fingerprint density at radius 1 is 0.526 bits per heavy atom. The highest BCUT2D eigenvalue weighted by molar-refractivity contribution is 4.47. The third-order valence-electron chi connectivity index (χ3n) is 4.15. The van der Waals surface area contributed by atoms with Crippen molar-refractivity contribution in [2.24, 2.45) is 0 Å². The lowest BCUT2D eigenvalue weighted by Crippen LogP contribution is -3.00. The van der Waals surface area contributed by atoms with Gasteiger partial charge in [0, 0.05) is 0 Å². The normalized spacial score (nSPS) is 11.4. The van der Waals surface area contributed by atoms with Crippen molar-refractivity contribution in [3.63, 3.8) is 0 Å². The average Bonchev–Trinajstić information content (AvgIpc) is 2.36. The average molecular weight is 292 g/mol. The molecule has 0 N–H and O–H groups in total. The van der Waals surface area contributed by atoms with E-state index in [0.29, 0.717) is 0 Å². The van der Waals surface area contributed by atoms with E-state index in [1.807, 2.05) is 0 Å². The van der Waals surface area contributed by atoms with Gasteiger partial charge in [-0.15, -0.1) is 0 Å². The molecule has 19 heavy (non-hydrogen) atoms. The monoisotopic (exact) mass is 291 g/mol. The van der Waals surface area contributed by atoms with Gasteiger partial charge in [-0.2, -0.15) is 0 Å². The molecule has 0 rings (SSSR count). The molecule has 0 aromatic heterocycles. The SMILES string of the molecule is CCCCCC[N+](C)(CCCCC)CCCCC.[Cl-]. The molecule has 0 aromatic carbocycles. The van der Waals surface area contributed by atoms with Gasteiger partial charge in [-0.05, 0) is 38.5 Å². The van der Waals surface area contributed by atoms with Crippen molar-refractivity contribution in [3.05, 3.63) is 0 Å². The molecule has 0 amide bonds. The topological polar surface area (TPSA) is 0 Å². The first-order valence-electron chi connectivity index (χ1n) is 8.52. The lowest BCUT2D eigenvalue weighted by Gasteiger charge is -2.35. The maximum atomic E-state index is 2.50. The molecule has 0 radical (unpaired) electrons. The number of nitrogens with zero attached hydrogens (tertiary/aromatic N) is 1. The van der Waals surface area contributed by atoms with E-state index in [2.05, 4.69) is 27.8 Å². The summed E-state index contributed by atoms with van der Waals surface area (Å²) in [5.74, 6) is 0. The summed E-state index contributed by atoms with van der Waals surface area (Å²) in [6.45, 7) is 11.1. The Morgan fingerprint density at radius 2 is 0.842 bits per heavy atom. The molecule has 0 spiro atoms. The van der Waals surface area contributed by atoms with Crippen LogP contribution in [-0.2, 0) is 0 Å². The van der Waals surface area contributed by atoms with Crippen molar-refractivity contribution in [2.45, 2.75) is 85.0 Å². The maximum Gasteiger partial charge on any atom is 0.0784 e. The van der Waals surface area contributed by atoms with E-state index in [-0.39, 0.29) is 12.4 Å². The summed E-state index contributed by atoms with van der Waals surface area (Å²) in [5.41, 5.74) is 0. The summed E-state index contributed by atoms with van der Waals surface area (Å²) in [5, 5.41) is 0. The molecule has 0 aliphatic rings. The molecule has 0 saturated carbocycles. The number of unbranched alkanes of at least 4 members (excludes halogenated alkanes) is 7. The number of hydrogen-bond acceptors (Lipinski definition) is 0. The van der Waals surface area contributed by atoms with Gasteiger partial charge in [0.15, 0.2) is 0 Å². The van der Waals surface area contributed by atoms with Crippen molar-refractivity contribution < 1.29 is 16.9 Å². The molecule has 0 aromatic rings. The van der Waals surface area contributed by atoms with Crippen LogP contribution < -0.4 is 12.4 Å². The highest BCUT2D eigenvalue weighted by Crippen LogP contribution is 2.13. The fraction of sp³-hybridized carbons (Fsp3) is 1.00. The van der Waals surface area contributed by atoms with E-state index >= 15 is 0 Å². The molecule has 0 aliphatic heterocycles. The second-order valence-corrected chi connectivity index (χ2v) is 6.27. The fourth-order valence-electron chi connectivity index (χ4n) is 2.74. The van der Waals surface area contributed by atoms with Crippen molar-refractivity contribution in [1.29, 1.82) is 0 Å². The molecule has 118 valence electrons. The molecule has 0 fully saturated rings. The first kappa shape index (κ1) is 21.5. The molecule has 0 saturated heterocycles. The number of rotatable bonds is 13. The Morgan fingerprint density at radius 3 is 1.21 bits per heavy atom. The molecule has 0 bridgehead atoms. The van der Waals surface area contributed by atoms with Gasteiger partial charge in [-0.3, -0.25) is 0 Å². The van der Waals surface area contributed by atoms with Gasteiger partial charge in [0.25, 0.3) is 0 Å². The van der Waals surface area contributed by atoms with Gasteiger partial charge in [-0.25, -0.2) is 0 Å². The predicted molar refractivity (Wildman–Crippen MR) is 84.0 cm³/mol. The van der Waals surface area contributed by atoms with E-state index in [0.717, 1.165) is 0 Å². The maximum absolute atomic E-state index is 2.50. The zero-order chi connectivity index (χ0) is 13.7. The largest absolute Gasteiger partial charge is 1.00 e. The minimum Gasteiger partial charge on any atom is -1.00 e. The quantitative estimate of drug-likeness (QED) is 0.361.